The fourth-order valence-electron chi connectivity index (χ4n) is 1.58. The first-order valence-electron chi connectivity index (χ1n) is 7.12. The smallest absolute Gasteiger partial charge is 0.252 e. The zero-order valence-corrected chi connectivity index (χ0v) is 14.3. The van der Waals surface area contributed by atoms with Crippen LogP contribution in [0.25, 0.3) is 0 Å². The van der Waals surface area contributed by atoms with E-state index in [1.807, 2.05) is 13.0 Å². The Kier molecular flexibility index (Phi) is 5.68. The lowest BCUT2D eigenvalue weighted by Crippen LogP contribution is -2.45. The second-order valence-corrected chi connectivity index (χ2v) is 11.2. The normalized spacial score (nSPS) is 19.1. The molecule has 4 heteroatoms. The third-order valence-electron chi connectivity index (χ3n) is 3.92. The molecule has 0 bridgehead atoms. The van der Waals surface area contributed by atoms with E-state index in [1.165, 1.54) is 0 Å². The van der Waals surface area contributed by atoms with Crippen LogP contribution in [0.3, 0.4) is 0 Å². The van der Waals surface area contributed by atoms with E-state index in [2.05, 4.69) is 50.9 Å². The maximum absolute atomic E-state index is 6.46. The Balaban J connectivity index is 2.86. The highest BCUT2D eigenvalue weighted by Gasteiger charge is 2.40. The Hall–Kier alpha value is -0.743. The van der Waals surface area contributed by atoms with Crippen LogP contribution in [0.15, 0.2) is 24.1 Å². The lowest BCUT2D eigenvalue weighted by atomic mass is 10.2. The number of hydrogen-bond acceptors (Lipinski definition) is 3. The van der Waals surface area contributed by atoms with Gasteiger partial charge < -0.3 is 14.1 Å². The first-order valence-corrected chi connectivity index (χ1v) is 10.0. The van der Waals surface area contributed by atoms with Crippen molar-refractivity contribution in [3.8, 4) is 0 Å². The van der Waals surface area contributed by atoms with Crippen molar-refractivity contribution in [2.75, 3.05) is 26.3 Å². The molecule has 19 heavy (non-hydrogen) atoms. The average Bonchev–Trinajstić information content (AvgIpc) is 2.34. The van der Waals surface area contributed by atoms with Gasteiger partial charge in [0, 0.05) is 13.1 Å². The van der Waals surface area contributed by atoms with Gasteiger partial charge in [-0.2, -0.15) is 0 Å². The van der Waals surface area contributed by atoms with E-state index >= 15 is 0 Å². The molecular weight excluding hydrogens is 254 g/mol. The highest BCUT2D eigenvalue weighted by atomic mass is 28.4. The molecule has 1 aliphatic heterocycles. The van der Waals surface area contributed by atoms with Crippen LogP contribution in [0.2, 0.25) is 18.1 Å². The van der Waals surface area contributed by atoms with Crippen molar-refractivity contribution in [1.29, 1.82) is 0 Å². The Morgan fingerprint density at radius 2 is 1.79 bits per heavy atom. The maximum Gasteiger partial charge on any atom is 0.252 e. The molecule has 0 N–H and O–H groups in total. The van der Waals surface area contributed by atoms with Gasteiger partial charge in [-0.25, -0.2) is 0 Å². The number of morpholine rings is 1. The topological polar surface area (TPSA) is 21.7 Å². The van der Waals surface area contributed by atoms with E-state index in [9.17, 15) is 0 Å². The van der Waals surface area contributed by atoms with Crippen LogP contribution < -0.4 is 0 Å². The lowest BCUT2D eigenvalue weighted by molar-refractivity contribution is 0.0332. The van der Waals surface area contributed by atoms with Gasteiger partial charge in [-0.15, -0.1) is 0 Å². The summed E-state index contributed by atoms with van der Waals surface area (Å²) in [6.45, 7) is 16.8. The monoisotopic (exact) mass is 283 g/mol. The Labute approximate surface area is 119 Å². The third kappa shape index (κ3) is 4.69. The van der Waals surface area contributed by atoms with Crippen LogP contribution in [0.4, 0.5) is 0 Å². The molecule has 0 aliphatic carbocycles. The number of allylic oxidation sites excluding steroid dienone is 3. The van der Waals surface area contributed by atoms with Gasteiger partial charge in [0.1, 0.15) is 0 Å². The summed E-state index contributed by atoms with van der Waals surface area (Å²) in [7, 11) is -1.79. The number of hydrogen-bond donors (Lipinski definition) is 0. The fraction of sp³-hybridized carbons (Fsp3) is 0.733. The highest BCUT2D eigenvalue weighted by Crippen LogP contribution is 2.38. The Bertz CT molecular complexity index is 337. The lowest BCUT2D eigenvalue weighted by Gasteiger charge is -2.41. The molecule has 3 nitrogen and oxygen atoms in total. The third-order valence-corrected chi connectivity index (χ3v) is 8.25. The molecule has 1 rings (SSSR count). The van der Waals surface area contributed by atoms with E-state index in [0.29, 0.717) is 0 Å². The van der Waals surface area contributed by atoms with E-state index in [0.717, 1.165) is 32.2 Å². The van der Waals surface area contributed by atoms with E-state index in [4.69, 9.17) is 9.16 Å². The first-order chi connectivity index (χ1) is 8.78. The number of ether oxygens (including phenoxy) is 1. The molecule has 110 valence electrons. The standard InChI is InChI=1S/C15H29NO2Si/c1-7-8-9-14(16-10-12-17-13-11-16)18-19(5,6)15(2,3)4/h7-9H,10-13H2,1-6H3/b8-7-,14-9-. The van der Waals surface area contributed by atoms with Gasteiger partial charge in [-0.05, 0) is 31.1 Å². The Morgan fingerprint density at radius 1 is 1.21 bits per heavy atom. The van der Waals surface area contributed by atoms with E-state index in [-0.39, 0.29) is 5.04 Å². The van der Waals surface area contributed by atoms with Crippen molar-refractivity contribution in [3.63, 3.8) is 0 Å². The van der Waals surface area contributed by atoms with Crippen LogP contribution in [0.5, 0.6) is 0 Å². The minimum Gasteiger partial charge on any atom is -0.532 e. The van der Waals surface area contributed by atoms with Crippen molar-refractivity contribution in [3.05, 3.63) is 24.1 Å². The molecule has 0 spiro atoms. The van der Waals surface area contributed by atoms with Gasteiger partial charge in [-0.1, -0.05) is 32.9 Å². The molecule has 0 aromatic carbocycles. The number of rotatable bonds is 4. The zero-order chi connectivity index (χ0) is 14.5. The van der Waals surface area contributed by atoms with Crippen LogP contribution in [-0.2, 0) is 9.16 Å². The van der Waals surface area contributed by atoms with Gasteiger partial charge in [0.2, 0.25) is 0 Å². The molecule has 1 saturated heterocycles. The fourth-order valence-corrected chi connectivity index (χ4v) is 2.61. The van der Waals surface area contributed by atoms with Gasteiger partial charge in [0.25, 0.3) is 8.32 Å². The van der Waals surface area contributed by atoms with Crippen molar-refractivity contribution in [1.82, 2.24) is 4.90 Å². The van der Waals surface area contributed by atoms with Gasteiger partial charge >= 0.3 is 0 Å². The minimum absolute atomic E-state index is 0.217. The first kappa shape index (κ1) is 16.3. The quantitative estimate of drug-likeness (QED) is 0.445. The van der Waals surface area contributed by atoms with Gasteiger partial charge in [0.05, 0.1) is 13.2 Å². The number of nitrogens with zero attached hydrogens (tertiary/aromatic N) is 1. The summed E-state index contributed by atoms with van der Waals surface area (Å²) in [6, 6.07) is 0. The molecular formula is C15H29NO2Si. The van der Waals surface area contributed by atoms with Crippen LogP contribution >= 0.6 is 0 Å². The molecule has 0 aromatic heterocycles. The van der Waals surface area contributed by atoms with Gasteiger partial charge in [-0.3, -0.25) is 0 Å². The highest BCUT2D eigenvalue weighted by molar-refractivity contribution is 6.74. The molecule has 0 saturated carbocycles. The largest absolute Gasteiger partial charge is 0.532 e. The van der Waals surface area contributed by atoms with Crippen LogP contribution in [-0.4, -0.2) is 39.5 Å². The van der Waals surface area contributed by atoms with Crippen molar-refractivity contribution in [2.45, 2.75) is 45.8 Å². The van der Waals surface area contributed by atoms with Crippen LogP contribution in [0.1, 0.15) is 27.7 Å². The predicted molar refractivity (Wildman–Crippen MR) is 83.6 cm³/mol. The molecule has 0 unspecified atom stereocenters. The molecule has 1 aliphatic rings. The van der Waals surface area contributed by atoms with Crippen LogP contribution in [0, 0.1) is 0 Å². The zero-order valence-electron chi connectivity index (χ0n) is 13.3. The second kappa shape index (κ2) is 6.62. The molecule has 0 atom stereocenters. The van der Waals surface area contributed by atoms with E-state index in [1.54, 1.807) is 0 Å². The molecule has 0 aromatic rings. The summed E-state index contributed by atoms with van der Waals surface area (Å²) in [5, 5.41) is 0.217. The summed E-state index contributed by atoms with van der Waals surface area (Å²) < 4.78 is 11.9. The van der Waals surface area contributed by atoms with Gasteiger partial charge in [0.15, 0.2) is 5.88 Å². The SMILES string of the molecule is C/C=C\C=C(/O[Si](C)(C)C(C)(C)C)N1CCOCC1. The maximum atomic E-state index is 6.46. The van der Waals surface area contributed by atoms with Crippen molar-refractivity contribution in [2.24, 2.45) is 0 Å². The Morgan fingerprint density at radius 3 is 2.26 bits per heavy atom. The summed E-state index contributed by atoms with van der Waals surface area (Å²) in [4.78, 5) is 2.30. The molecule has 0 amide bonds. The minimum atomic E-state index is -1.79. The summed E-state index contributed by atoms with van der Waals surface area (Å²) in [5.41, 5.74) is 0. The summed E-state index contributed by atoms with van der Waals surface area (Å²) >= 11 is 0. The molecule has 1 heterocycles. The predicted octanol–water partition coefficient (Wildman–Crippen LogP) is 3.76. The molecule has 0 radical (unpaired) electrons. The molecule has 1 fully saturated rings. The van der Waals surface area contributed by atoms with Crippen molar-refractivity contribution >= 4 is 8.32 Å². The summed E-state index contributed by atoms with van der Waals surface area (Å²) in [6.07, 6.45) is 6.18. The van der Waals surface area contributed by atoms with E-state index < -0.39 is 8.32 Å². The summed E-state index contributed by atoms with van der Waals surface area (Å²) in [5.74, 6) is 1.01. The second-order valence-electron chi connectivity index (χ2n) is 6.49. The van der Waals surface area contributed by atoms with Crippen molar-refractivity contribution < 1.29 is 9.16 Å². The average molecular weight is 283 g/mol.